The summed E-state index contributed by atoms with van der Waals surface area (Å²) in [6.45, 7) is 0.526. The van der Waals surface area contributed by atoms with Gasteiger partial charge in [-0.2, -0.15) is 0 Å². The molecule has 1 atom stereocenters. The zero-order chi connectivity index (χ0) is 12.8. The molecule has 0 unspecified atom stereocenters. The second-order valence-electron chi connectivity index (χ2n) is 3.63. The van der Waals surface area contributed by atoms with Crippen molar-refractivity contribution in [1.29, 1.82) is 0 Å². The summed E-state index contributed by atoms with van der Waals surface area (Å²) in [5.74, 6) is 1.94. The van der Waals surface area contributed by atoms with Crippen LogP contribution in [0, 0.1) is 0 Å². The maximum atomic E-state index is 6.04. The monoisotopic (exact) mass is 240 g/mol. The predicted molar refractivity (Wildman–Crippen MR) is 66.7 cm³/mol. The van der Waals surface area contributed by atoms with Crippen LogP contribution in [-0.4, -0.2) is 27.9 Å². The van der Waals surface area contributed by atoms with Gasteiger partial charge >= 0.3 is 0 Å². The Morgan fingerprint density at radius 2 is 1.53 bits per heavy atom. The van der Waals surface area contributed by atoms with Crippen LogP contribution in [0.5, 0.6) is 17.2 Å². The molecule has 5 nitrogen and oxygen atoms in total. The molecule has 96 valence electrons. The Morgan fingerprint density at radius 3 is 2.00 bits per heavy atom. The maximum absolute atomic E-state index is 6.04. The van der Waals surface area contributed by atoms with Gasteiger partial charge in [0.15, 0.2) is 11.5 Å². The van der Waals surface area contributed by atoms with Crippen LogP contribution in [0.1, 0.15) is 18.0 Å². The van der Waals surface area contributed by atoms with E-state index in [2.05, 4.69) is 0 Å². The number of hydrogen-bond donors (Lipinski definition) is 2. The molecule has 4 N–H and O–H groups in total. The van der Waals surface area contributed by atoms with Gasteiger partial charge in [0.05, 0.1) is 21.3 Å². The normalized spacial score (nSPS) is 12.1. The number of ether oxygens (including phenoxy) is 3. The molecule has 0 spiro atoms. The van der Waals surface area contributed by atoms with Crippen LogP contribution in [0.2, 0.25) is 0 Å². The average molecular weight is 240 g/mol. The SMILES string of the molecule is COc1cc(OC)c([C@H](N)CCN)cc1OC. The summed E-state index contributed by atoms with van der Waals surface area (Å²) in [7, 11) is 4.76. The lowest BCUT2D eigenvalue weighted by Crippen LogP contribution is -2.16. The van der Waals surface area contributed by atoms with Crippen molar-refractivity contribution in [2.24, 2.45) is 11.5 Å². The summed E-state index contributed by atoms with van der Waals surface area (Å²) < 4.78 is 15.7. The zero-order valence-electron chi connectivity index (χ0n) is 10.5. The quantitative estimate of drug-likeness (QED) is 0.777. The highest BCUT2D eigenvalue weighted by Gasteiger charge is 2.16. The molecule has 1 aromatic carbocycles. The fourth-order valence-electron chi connectivity index (χ4n) is 1.68. The predicted octanol–water partition coefficient (Wildman–Crippen LogP) is 1.06. The van der Waals surface area contributed by atoms with Crippen molar-refractivity contribution in [1.82, 2.24) is 0 Å². The van der Waals surface area contributed by atoms with E-state index in [0.29, 0.717) is 30.2 Å². The summed E-state index contributed by atoms with van der Waals surface area (Å²) in [5.41, 5.74) is 12.4. The van der Waals surface area contributed by atoms with Gasteiger partial charge in [-0.25, -0.2) is 0 Å². The van der Waals surface area contributed by atoms with Crippen molar-refractivity contribution in [2.75, 3.05) is 27.9 Å². The molecule has 0 saturated heterocycles. The Balaban J connectivity index is 3.18. The highest BCUT2D eigenvalue weighted by Crippen LogP contribution is 2.37. The van der Waals surface area contributed by atoms with E-state index in [4.69, 9.17) is 25.7 Å². The van der Waals surface area contributed by atoms with Crippen LogP contribution >= 0.6 is 0 Å². The largest absolute Gasteiger partial charge is 0.496 e. The van der Waals surface area contributed by atoms with E-state index >= 15 is 0 Å². The van der Waals surface area contributed by atoms with Gasteiger partial charge in [-0.1, -0.05) is 0 Å². The van der Waals surface area contributed by atoms with Crippen molar-refractivity contribution in [2.45, 2.75) is 12.5 Å². The number of methoxy groups -OCH3 is 3. The summed E-state index contributed by atoms with van der Waals surface area (Å²) in [6, 6.07) is 3.43. The minimum atomic E-state index is -0.172. The molecule has 0 amide bonds. The van der Waals surface area contributed by atoms with Gasteiger partial charge in [-0.15, -0.1) is 0 Å². The topological polar surface area (TPSA) is 79.7 Å². The molecule has 5 heteroatoms. The van der Waals surface area contributed by atoms with E-state index in [0.717, 1.165) is 5.56 Å². The van der Waals surface area contributed by atoms with Crippen molar-refractivity contribution < 1.29 is 14.2 Å². The highest BCUT2D eigenvalue weighted by atomic mass is 16.5. The van der Waals surface area contributed by atoms with Gasteiger partial charge in [-0.3, -0.25) is 0 Å². The number of hydrogen-bond acceptors (Lipinski definition) is 5. The molecule has 0 aliphatic carbocycles. The molecule has 0 fully saturated rings. The molecule has 0 saturated carbocycles. The fraction of sp³-hybridized carbons (Fsp3) is 0.500. The Bertz CT molecular complexity index is 369. The van der Waals surface area contributed by atoms with Gasteiger partial charge in [0.1, 0.15) is 5.75 Å². The van der Waals surface area contributed by atoms with Gasteiger partial charge < -0.3 is 25.7 Å². The minimum Gasteiger partial charge on any atom is -0.496 e. The highest BCUT2D eigenvalue weighted by molar-refractivity contribution is 5.51. The van der Waals surface area contributed by atoms with Crippen LogP contribution in [0.4, 0.5) is 0 Å². The first-order valence-corrected chi connectivity index (χ1v) is 5.43. The Labute approximate surface area is 102 Å². The molecule has 0 aliphatic rings. The average Bonchev–Trinajstić information content (AvgIpc) is 2.37. The fourth-order valence-corrected chi connectivity index (χ4v) is 1.68. The molecule has 0 radical (unpaired) electrons. The Morgan fingerprint density at radius 1 is 1.00 bits per heavy atom. The smallest absolute Gasteiger partial charge is 0.164 e. The lowest BCUT2D eigenvalue weighted by Gasteiger charge is -2.18. The second-order valence-corrected chi connectivity index (χ2v) is 3.63. The lowest BCUT2D eigenvalue weighted by atomic mass is 10.0. The molecule has 17 heavy (non-hydrogen) atoms. The van der Waals surface area contributed by atoms with E-state index in [1.54, 1.807) is 27.4 Å². The molecular formula is C12H20N2O3. The molecule has 1 aromatic rings. The first-order chi connectivity index (χ1) is 8.17. The van der Waals surface area contributed by atoms with Crippen molar-refractivity contribution >= 4 is 0 Å². The molecule has 0 heterocycles. The van der Waals surface area contributed by atoms with Crippen molar-refractivity contribution in [3.63, 3.8) is 0 Å². The first-order valence-electron chi connectivity index (χ1n) is 5.43. The van der Waals surface area contributed by atoms with Gasteiger partial charge in [0.2, 0.25) is 0 Å². The van der Waals surface area contributed by atoms with Crippen LogP contribution in [0.3, 0.4) is 0 Å². The van der Waals surface area contributed by atoms with Gasteiger partial charge in [0.25, 0.3) is 0 Å². The maximum Gasteiger partial charge on any atom is 0.164 e. The van der Waals surface area contributed by atoms with Crippen LogP contribution in [-0.2, 0) is 0 Å². The van der Waals surface area contributed by atoms with E-state index in [1.807, 2.05) is 6.07 Å². The van der Waals surface area contributed by atoms with E-state index in [-0.39, 0.29) is 6.04 Å². The van der Waals surface area contributed by atoms with Gasteiger partial charge in [-0.05, 0) is 19.0 Å². The summed E-state index contributed by atoms with van der Waals surface area (Å²) in [6.07, 6.45) is 0.686. The summed E-state index contributed by atoms with van der Waals surface area (Å²) in [5, 5.41) is 0. The second kappa shape index (κ2) is 6.32. The number of rotatable bonds is 6. The zero-order valence-corrected chi connectivity index (χ0v) is 10.5. The van der Waals surface area contributed by atoms with Crippen LogP contribution in [0.25, 0.3) is 0 Å². The minimum absolute atomic E-state index is 0.172. The lowest BCUT2D eigenvalue weighted by molar-refractivity contribution is 0.346. The number of benzene rings is 1. The van der Waals surface area contributed by atoms with Crippen molar-refractivity contribution in [3.05, 3.63) is 17.7 Å². The van der Waals surface area contributed by atoms with E-state index in [9.17, 15) is 0 Å². The molecule has 0 bridgehead atoms. The molecule has 0 aromatic heterocycles. The van der Waals surface area contributed by atoms with Gasteiger partial charge in [0, 0.05) is 17.7 Å². The summed E-state index contributed by atoms with van der Waals surface area (Å²) >= 11 is 0. The third-order valence-electron chi connectivity index (χ3n) is 2.61. The number of nitrogens with two attached hydrogens (primary N) is 2. The first kappa shape index (κ1) is 13.6. The van der Waals surface area contributed by atoms with Crippen molar-refractivity contribution in [3.8, 4) is 17.2 Å². The van der Waals surface area contributed by atoms with E-state index in [1.165, 1.54) is 0 Å². The van der Waals surface area contributed by atoms with E-state index < -0.39 is 0 Å². The summed E-state index contributed by atoms with van der Waals surface area (Å²) in [4.78, 5) is 0. The third kappa shape index (κ3) is 3.01. The molecule has 0 aliphatic heterocycles. The third-order valence-corrected chi connectivity index (χ3v) is 2.61. The van der Waals surface area contributed by atoms with Crippen LogP contribution < -0.4 is 25.7 Å². The van der Waals surface area contributed by atoms with Crippen LogP contribution in [0.15, 0.2) is 12.1 Å². The molecular weight excluding hydrogens is 220 g/mol. The Kier molecular flexibility index (Phi) is 5.06. The molecule has 1 rings (SSSR count). The standard InChI is InChI=1S/C12H20N2O3/c1-15-10-7-12(17-3)11(16-2)6-8(10)9(14)4-5-13/h6-7,9H,4-5,13-14H2,1-3H3/t9-/m1/s1. The Hall–Kier alpha value is -1.46.